The van der Waals surface area contributed by atoms with Gasteiger partial charge in [-0.05, 0) is 49.2 Å². The first-order valence-electron chi connectivity index (χ1n) is 8.95. The Hall–Kier alpha value is -2.69. The average molecular weight is 355 g/mol. The van der Waals surface area contributed by atoms with E-state index in [0.29, 0.717) is 30.4 Å². The van der Waals surface area contributed by atoms with Gasteiger partial charge in [0.15, 0.2) is 17.6 Å². The molecule has 1 amide bonds. The Morgan fingerprint density at radius 3 is 2.50 bits per heavy atom. The average Bonchev–Trinajstić information content (AvgIpc) is 2.66. The van der Waals surface area contributed by atoms with Crippen LogP contribution in [-0.2, 0) is 0 Å². The van der Waals surface area contributed by atoms with Crippen molar-refractivity contribution in [3.05, 3.63) is 54.1 Å². The summed E-state index contributed by atoms with van der Waals surface area (Å²) in [5, 5.41) is 2.98. The van der Waals surface area contributed by atoms with Gasteiger partial charge in [0.1, 0.15) is 12.4 Å². The van der Waals surface area contributed by atoms with Crippen molar-refractivity contribution < 1.29 is 19.0 Å². The van der Waals surface area contributed by atoms with Crippen molar-refractivity contribution >= 4 is 5.91 Å². The van der Waals surface area contributed by atoms with E-state index >= 15 is 0 Å². The van der Waals surface area contributed by atoms with Crippen LogP contribution in [0.1, 0.15) is 31.1 Å². The highest BCUT2D eigenvalue weighted by atomic mass is 16.6. The van der Waals surface area contributed by atoms with Gasteiger partial charge in [-0.3, -0.25) is 4.79 Å². The van der Waals surface area contributed by atoms with E-state index in [4.69, 9.17) is 14.2 Å². The van der Waals surface area contributed by atoms with Crippen LogP contribution in [0.4, 0.5) is 0 Å². The fourth-order valence-corrected chi connectivity index (χ4v) is 2.63. The van der Waals surface area contributed by atoms with Crippen molar-refractivity contribution in [1.29, 1.82) is 0 Å². The predicted molar refractivity (Wildman–Crippen MR) is 100 cm³/mol. The van der Waals surface area contributed by atoms with Crippen LogP contribution in [0, 0.1) is 5.92 Å². The summed E-state index contributed by atoms with van der Waals surface area (Å²) < 4.78 is 17.3. The molecule has 1 aliphatic heterocycles. The zero-order chi connectivity index (χ0) is 18.5. The van der Waals surface area contributed by atoms with Crippen LogP contribution in [-0.4, -0.2) is 31.3 Å². The van der Waals surface area contributed by atoms with Gasteiger partial charge in [-0.25, -0.2) is 0 Å². The van der Waals surface area contributed by atoms with Gasteiger partial charge in [0.25, 0.3) is 5.91 Å². The highest BCUT2D eigenvalue weighted by molar-refractivity contribution is 5.94. The van der Waals surface area contributed by atoms with Gasteiger partial charge in [-0.15, -0.1) is 0 Å². The molecule has 0 fully saturated rings. The SMILES string of the molecule is CC(C)COc1ccc(C(=O)N[C@@H](C)[C@@H]2COc3ccccc3O2)cc1. The summed E-state index contributed by atoms with van der Waals surface area (Å²) >= 11 is 0. The van der Waals surface area contributed by atoms with Gasteiger partial charge in [-0.1, -0.05) is 26.0 Å². The number of fused-ring (bicyclic) bond motifs is 1. The highest BCUT2D eigenvalue weighted by Crippen LogP contribution is 2.31. The summed E-state index contributed by atoms with van der Waals surface area (Å²) in [6.45, 7) is 7.17. The summed E-state index contributed by atoms with van der Waals surface area (Å²) in [5.74, 6) is 2.52. The third-order valence-electron chi connectivity index (χ3n) is 4.15. The van der Waals surface area contributed by atoms with Crippen LogP contribution < -0.4 is 19.5 Å². The predicted octanol–water partition coefficient (Wildman–Crippen LogP) is 3.68. The van der Waals surface area contributed by atoms with E-state index in [9.17, 15) is 4.79 Å². The van der Waals surface area contributed by atoms with E-state index in [1.165, 1.54) is 0 Å². The maximum atomic E-state index is 12.5. The summed E-state index contributed by atoms with van der Waals surface area (Å²) in [6, 6.07) is 14.5. The molecule has 138 valence electrons. The molecule has 5 nitrogen and oxygen atoms in total. The summed E-state index contributed by atoms with van der Waals surface area (Å²) in [7, 11) is 0. The molecule has 0 spiro atoms. The van der Waals surface area contributed by atoms with Crippen molar-refractivity contribution in [2.24, 2.45) is 5.92 Å². The number of carbonyl (C=O) groups is 1. The Morgan fingerprint density at radius 2 is 1.81 bits per heavy atom. The number of benzene rings is 2. The van der Waals surface area contributed by atoms with Gasteiger partial charge < -0.3 is 19.5 Å². The fraction of sp³-hybridized carbons (Fsp3) is 0.381. The van der Waals surface area contributed by atoms with Crippen LogP contribution in [0.25, 0.3) is 0 Å². The lowest BCUT2D eigenvalue weighted by Crippen LogP contribution is -2.48. The van der Waals surface area contributed by atoms with Crippen molar-refractivity contribution in [3.63, 3.8) is 0 Å². The van der Waals surface area contributed by atoms with Crippen molar-refractivity contribution in [1.82, 2.24) is 5.32 Å². The molecule has 2 aromatic rings. The standard InChI is InChI=1S/C21H25NO4/c1-14(2)12-24-17-10-8-16(9-11-17)21(23)22-15(3)20-13-25-18-6-4-5-7-19(18)26-20/h4-11,14-15,20H,12-13H2,1-3H3,(H,22,23)/t15-,20-/m0/s1. The molecule has 26 heavy (non-hydrogen) atoms. The third kappa shape index (κ3) is 4.48. The Morgan fingerprint density at radius 1 is 1.12 bits per heavy atom. The number of ether oxygens (including phenoxy) is 3. The minimum atomic E-state index is -0.234. The Bertz CT molecular complexity index is 742. The zero-order valence-electron chi connectivity index (χ0n) is 15.4. The van der Waals surface area contributed by atoms with Gasteiger partial charge in [0.05, 0.1) is 12.6 Å². The molecule has 1 N–H and O–H groups in total. The molecule has 5 heteroatoms. The van der Waals surface area contributed by atoms with Gasteiger partial charge in [0.2, 0.25) is 0 Å². The molecule has 0 saturated heterocycles. The van der Waals surface area contributed by atoms with Crippen molar-refractivity contribution in [2.75, 3.05) is 13.2 Å². The third-order valence-corrected chi connectivity index (χ3v) is 4.15. The number of amides is 1. The topological polar surface area (TPSA) is 56.8 Å². The van der Waals surface area contributed by atoms with Crippen molar-refractivity contribution in [3.8, 4) is 17.2 Å². The number of hydrogen-bond acceptors (Lipinski definition) is 4. The highest BCUT2D eigenvalue weighted by Gasteiger charge is 2.27. The number of hydrogen-bond donors (Lipinski definition) is 1. The minimum absolute atomic E-state index is 0.143. The van der Waals surface area contributed by atoms with Gasteiger partial charge in [0, 0.05) is 5.56 Å². The smallest absolute Gasteiger partial charge is 0.251 e. The molecule has 0 radical (unpaired) electrons. The first kappa shape index (κ1) is 18.1. The normalized spacial score (nSPS) is 16.8. The molecule has 0 bridgehead atoms. The molecule has 1 aliphatic rings. The molecule has 0 aromatic heterocycles. The lowest BCUT2D eigenvalue weighted by atomic mass is 10.1. The molecular weight excluding hydrogens is 330 g/mol. The monoisotopic (exact) mass is 355 g/mol. The number of nitrogens with one attached hydrogen (secondary N) is 1. The molecule has 0 saturated carbocycles. The molecule has 0 unspecified atom stereocenters. The van der Waals surface area contributed by atoms with Crippen LogP contribution >= 0.6 is 0 Å². The quantitative estimate of drug-likeness (QED) is 0.859. The van der Waals surface area contributed by atoms with E-state index in [1.807, 2.05) is 43.3 Å². The lowest BCUT2D eigenvalue weighted by Gasteiger charge is -2.30. The first-order chi connectivity index (χ1) is 12.5. The van der Waals surface area contributed by atoms with Crippen molar-refractivity contribution in [2.45, 2.75) is 32.9 Å². The molecule has 1 heterocycles. The largest absolute Gasteiger partial charge is 0.493 e. The van der Waals surface area contributed by atoms with Crippen LogP contribution in [0.15, 0.2) is 48.5 Å². The maximum Gasteiger partial charge on any atom is 0.251 e. The second kappa shape index (κ2) is 8.13. The molecule has 0 aliphatic carbocycles. The van der Waals surface area contributed by atoms with E-state index in [2.05, 4.69) is 19.2 Å². The molecular formula is C21H25NO4. The summed E-state index contributed by atoms with van der Waals surface area (Å²) in [5.41, 5.74) is 0.589. The summed E-state index contributed by atoms with van der Waals surface area (Å²) in [6.07, 6.45) is -0.234. The van der Waals surface area contributed by atoms with Gasteiger partial charge >= 0.3 is 0 Å². The lowest BCUT2D eigenvalue weighted by molar-refractivity contribution is 0.0606. The van der Waals surface area contributed by atoms with Crippen LogP contribution in [0.5, 0.6) is 17.2 Å². The number of rotatable bonds is 6. The number of carbonyl (C=O) groups excluding carboxylic acids is 1. The Labute approximate surface area is 154 Å². The summed E-state index contributed by atoms with van der Waals surface area (Å²) in [4.78, 5) is 12.5. The van der Waals surface area contributed by atoms with Gasteiger partial charge in [-0.2, -0.15) is 0 Å². The van der Waals surface area contributed by atoms with Crippen LogP contribution in [0.3, 0.4) is 0 Å². The first-order valence-corrected chi connectivity index (χ1v) is 8.95. The zero-order valence-corrected chi connectivity index (χ0v) is 15.4. The second-order valence-electron chi connectivity index (χ2n) is 6.91. The molecule has 2 aromatic carbocycles. The van der Waals surface area contributed by atoms with E-state index < -0.39 is 0 Å². The van der Waals surface area contributed by atoms with E-state index in [1.54, 1.807) is 12.1 Å². The Kier molecular flexibility index (Phi) is 5.66. The van der Waals surface area contributed by atoms with Crippen LogP contribution in [0.2, 0.25) is 0 Å². The minimum Gasteiger partial charge on any atom is -0.493 e. The maximum absolute atomic E-state index is 12.5. The number of para-hydroxylation sites is 2. The second-order valence-corrected chi connectivity index (χ2v) is 6.91. The van der Waals surface area contributed by atoms with E-state index in [-0.39, 0.29) is 18.1 Å². The Balaban J connectivity index is 1.56. The van der Waals surface area contributed by atoms with E-state index in [0.717, 1.165) is 11.5 Å². The molecule has 2 atom stereocenters. The fourth-order valence-electron chi connectivity index (χ4n) is 2.63. The molecule has 3 rings (SSSR count).